The van der Waals surface area contributed by atoms with Gasteiger partial charge in [0.05, 0.1) is 0 Å². The Kier molecular flexibility index (Phi) is 12.6. The van der Waals surface area contributed by atoms with Gasteiger partial charge < -0.3 is 0 Å². The molecule has 0 aromatic rings. The molecule has 0 aromatic heterocycles. The van der Waals surface area contributed by atoms with E-state index < -0.39 is 0 Å². The van der Waals surface area contributed by atoms with Gasteiger partial charge in [-0.2, -0.15) is 0 Å². The van der Waals surface area contributed by atoms with Gasteiger partial charge in [0.2, 0.25) is 0 Å². The van der Waals surface area contributed by atoms with Crippen LogP contribution in [0.2, 0.25) is 0 Å². The highest BCUT2D eigenvalue weighted by atomic mass is 27.0. The zero-order valence-corrected chi connectivity index (χ0v) is 14.7. The molecule has 5 radical (unpaired) electrons. The van der Waals surface area contributed by atoms with Crippen LogP contribution in [-0.2, 0) is 0 Å². The second-order valence-electron chi connectivity index (χ2n) is 7.74. The summed E-state index contributed by atoms with van der Waals surface area (Å²) < 4.78 is 0. The molecule has 2 atom stereocenters. The molecule has 0 bridgehead atoms. The van der Waals surface area contributed by atoms with Crippen molar-refractivity contribution in [3.8, 4) is 0 Å². The summed E-state index contributed by atoms with van der Waals surface area (Å²) >= 11 is 0. The maximum Gasteiger partial charge on any atom is 0 e. The minimum atomic E-state index is 0. The van der Waals surface area contributed by atoms with Gasteiger partial charge >= 0.3 is 0 Å². The molecule has 17 heavy (non-hydrogen) atoms. The lowest BCUT2D eigenvalue weighted by atomic mass is 9.86. The molecule has 0 spiro atoms. The lowest BCUT2D eigenvalue weighted by Crippen LogP contribution is -2.08. The largest absolute Gasteiger partial charge is 0.0625 e. The molecular weight excluding hydrogens is 219 g/mol. The summed E-state index contributed by atoms with van der Waals surface area (Å²) in [5.41, 5.74) is 0.919. The molecule has 0 saturated carbocycles. The summed E-state index contributed by atoms with van der Waals surface area (Å²) in [6.45, 7) is 25.6. The Morgan fingerprint density at radius 3 is 0.941 bits per heavy atom. The molecule has 0 aromatic carbocycles. The van der Waals surface area contributed by atoms with Crippen molar-refractivity contribution < 1.29 is 1.43 Å². The average Bonchev–Trinajstić information content (AvgIpc) is 1.72. The van der Waals surface area contributed by atoms with Crippen LogP contribution in [0.25, 0.3) is 0 Å². The van der Waals surface area contributed by atoms with Crippen LogP contribution in [0.15, 0.2) is 0 Å². The second kappa shape index (κ2) is 9.46. The van der Waals surface area contributed by atoms with Crippen molar-refractivity contribution in [3.63, 3.8) is 0 Å². The van der Waals surface area contributed by atoms with Crippen LogP contribution in [0.1, 0.15) is 69.7 Å². The van der Waals surface area contributed by atoms with E-state index in [1.54, 1.807) is 0 Å². The summed E-state index contributed by atoms with van der Waals surface area (Å²) in [4.78, 5) is 0. The van der Waals surface area contributed by atoms with Crippen LogP contribution in [0, 0.1) is 36.5 Å². The van der Waals surface area contributed by atoms with E-state index in [9.17, 15) is 0 Å². The number of hydrogen-bond acceptors (Lipinski definition) is 0. The van der Waals surface area contributed by atoms with Crippen LogP contribution in [0.5, 0.6) is 0 Å². The van der Waals surface area contributed by atoms with Crippen molar-refractivity contribution >= 4 is 17.4 Å². The van der Waals surface area contributed by atoms with E-state index in [0.717, 1.165) is 0 Å². The van der Waals surface area contributed by atoms with Crippen molar-refractivity contribution in [1.29, 1.82) is 0 Å². The fourth-order valence-corrected chi connectivity index (χ4v) is 2.09. The third-order valence-electron chi connectivity index (χ3n) is 1.92. The molecule has 0 saturated heterocycles. The van der Waals surface area contributed by atoms with Gasteiger partial charge in [-0.15, -0.1) is 0 Å². The van der Waals surface area contributed by atoms with E-state index in [-0.39, 0.29) is 18.8 Å². The Bertz CT molecular complexity index is 141. The van der Waals surface area contributed by atoms with Gasteiger partial charge in [-0.05, 0) is 35.5 Å². The van der Waals surface area contributed by atoms with Crippen LogP contribution in [0.3, 0.4) is 0 Å². The molecule has 0 nitrogen and oxygen atoms in total. The van der Waals surface area contributed by atoms with Crippen LogP contribution in [-0.4, -0.2) is 17.4 Å². The molecule has 0 aliphatic rings. The highest BCUT2D eigenvalue weighted by molar-refractivity contribution is 5.75. The van der Waals surface area contributed by atoms with E-state index >= 15 is 0 Å². The van der Waals surface area contributed by atoms with E-state index in [0.29, 0.717) is 22.7 Å². The Labute approximate surface area is 124 Å². The smallest absolute Gasteiger partial charge is 0 e. The molecule has 0 fully saturated rings. The molecule has 0 rings (SSSR count). The van der Waals surface area contributed by atoms with E-state index in [2.05, 4.69) is 69.2 Å². The highest BCUT2D eigenvalue weighted by Gasteiger charge is 2.11. The minimum absolute atomic E-state index is 0. The molecule has 0 N–H and O–H groups in total. The van der Waals surface area contributed by atoms with Gasteiger partial charge in [0.25, 0.3) is 0 Å². The maximum atomic E-state index is 3.92. The van der Waals surface area contributed by atoms with Gasteiger partial charge in [-0.25, -0.2) is 0 Å². The predicted molar refractivity (Wildman–Crippen MR) is 85.1 cm³/mol. The third-order valence-corrected chi connectivity index (χ3v) is 1.92. The topological polar surface area (TPSA) is 0 Å². The Balaban J connectivity index is -0.0000000980. The molecule has 1 heteroatoms. The van der Waals surface area contributed by atoms with Crippen molar-refractivity contribution in [3.05, 3.63) is 13.8 Å². The zero-order chi connectivity index (χ0) is 13.6. The molecule has 2 unspecified atom stereocenters. The standard InChI is InChI=1S/2C8H17.Al.H2/c2*1-7(2)6-8(3,4)5;;/h2*7H,1,6H2,2-5H3;;1H. The van der Waals surface area contributed by atoms with Gasteiger partial charge in [-0.3, -0.25) is 0 Å². The van der Waals surface area contributed by atoms with Crippen molar-refractivity contribution in [2.24, 2.45) is 22.7 Å². The fourth-order valence-electron chi connectivity index (χ4n) is 2.09. The molecule has 0 aliphatic carbocycles. The Morgan fingerprint density at radius 1 is 0.765 bits per heavy atom. The van der Waals surface area contributed by atoms with Crippen molar-refractivity contribution in [1.82, 2.24) is 0 Å². The first-order valence-corrected chi connectivity index (χ1v) is 6.49. The number of rotatable bonds is 2. The Hall–Kier alpha value is 0.532. The average molecular weight is 255 g/mol. The SMILES string of the molecule is [Al].[CH2]C(C)CC(C)(C)C.[CH2]C(C)CC(C)(C)C.[HH]. The molecule has 0 amide bonds. The van der Waals surface area contributed by atoms with Gasteiger partial charge in [0, 0.05) is 18.8 Å². The summed E-state index contributed by atoms with van der Waals surface area (Å²) in [6, 6.07) is 0. The van der Waals surface area contributed by atoms with Gasteiger partial charge in [0.15, 0.2) is 0 Å². The van der Waals surface area contributed by atoms with Crippen molar-refractivity contribution in [2.75, 3.05) is 0 Å². The van der Waals surface area contributed by atoms with E-state index in [1.807, 2.05) is 0 Å². The van der Waals surface area contributed by atoms with Gasteiger partial charge in [-0.1, -0.05) is 69.2 Å². The highest BCUT2D eigenvalue weighted by Crippen LogP contribution is 2.23. The second-order valence-corrected chi connectivity index (χ2v) is 7.74. The van der Waals surface area contributed by atoms with E-state index in [4.69, 9.17) is 0 Å². The zero-order valence-electron chi connectivity index (χ0n) is 13.6. The van der Waals surface area contributed by atoms with Crippen LogP contribution < -0.4 is 0 Å². The maximum absolute atomic E-state index is 3.92. The molecule has 103 valence electrons. The van der Waals surface area contributed by atoms with Crippen LogP contribution >= 0.6 is 0 Å². The first kappa shape index (κ1) is 22.7. The molecule has 0 aliphatic heterocycles. The van der Waals surface area contributed by atoms with Crippen molar-refractivity contribution in [2.45, 2.75) is 68.2 Å². The quantitative estimate of drug-likeness (QED) is 0.559. The minimum Gasteiger partial charge on any atom is -0.0625 e. The summed E-state index contributed by atoms with van der Waals surface area (Å²) in [5.74, 6) is 1.19. The first-order chi connectivity index (χ1) is 6.83. The summed E-state index contributed by atoms with van der Waals surface area (Å²) in [7, 11) is 0. The van der Waals surface area contributed by atoms with E-state index in [1.165, 1.54) is 12.8 Å². The normalized spacial score (nSPS) is 12.0. The lowest BCUT2D eigenvalue weighted by Gasteiger charge is -2.19. The summed E-state index contributed by atoms with van der Waals surface area (Å²) in [6.07, 6.45) is 2.43. The molecular formula is C16H36Al. The molecule has 0 heterocycles. The monoisotopic (exact) mass is 255 g/mol. The first-order valence-electron chi connectivity index (χ1n) is 6.49. The fraction of sp³-hybridized carbons (Fsp3) is 0.875. The lowest BCUT2D eigenvalue weighted by molar-refractivity contribution is 0.335. The predicted octanol–water partition coefficient (Wildman–Crippen LogP) is 5.65. The Morgan fingerprint density at radius 2 is 0.941 bits per heavy atom. The third kappa shape index (κ3) is 31.5. The number of hydrogen-bond donors (Lipinski definition) is 0. The van der Waals surface area contributed by atoms with Crippen LogP contribution in [0.4, 0.5) is 0 Å². The van der Waals surface area contributed by atoms with Gasteiger partial charge in [0.1, 0.15) is 0 Å². The summed E-state index contributed by atoms with van der Waals surface area (Å²) in [5, 5.41) is 0.